The molecule has 0 aliphatic rings. The van der Waals surface area contributed by atoms with Gasteiger partial charge in [-0.1, -0.05) is 37.6 Å². The molecule has 2 atom stereocenters. The van der Waals surface area contributed by atoms with E-state index < -0.39 is 34.9 Å². The quantitative estimate of drug-likeness (QED) is 0.557. The van der Waals surface area contributed by atoms with E-state index in [4.69, 9.17) is 4.74 Å². The monoisotopic (exact) mass is 489 g/mol. The molecule has 0 aliphatic carbocycles. The minimum atomic E-state index is -0.885. The number of carbonyl (C=O) groups is 3. The summed E-state index contributed by atoms with van der Waals surface area (Å²) in [5.41, 5.74) is 0.820. The zero-order valence-corrected chi connectivity index (χ0v) is 24.0. The molecule has 0 bridgehead atoms. The van der Waals surface area contributed by atoms with Gasteiger partial charge in [0.1, 0.15) is 17.7 Å². The average molecular weight is 490 g/mol. The van der Waals surface area contributed by atoms with Crippen molar-refractivity contribution < 1.29 is 19.1 Å². The molecule has 7 heteroatoms. The molecule has 0 saturated heterocycles. The highest BCUT2D eigenvalue weighted by Gasteiger charge is 2.43. The molecule has 1 aromatic rings. The van der Waals surface area contributed by atoms with Crippen molar-refractivity contribution in [2.24, 2.45) is 5.92 Å². The predicted octanol–water partition coefficient (Wildman–Crippen LogP) is 5.44. The topological polar surface area (TPSA) is 87.7 Å². The van der Waals surface area contributed by atoms with Crippen LogP contribution in [0.3, 0.4) is 0 Å². The van der Waals surface area contributed by atoms with Crippen LogP contribution in [-0.4, -0.2) is 45.5 Å². The van der Waals surface area contributed by atoms with Gasteiger partial charge in [0.05, 0.1) is 0 Å². The molecule has 0 heterocycles. The molecule has 0 aliphatic heterocycles. The van der Waals surface area contributed by atoms with E-state index >= 15 is 0 Å². The molecule has 2 N–H and O–H groups in total. The first-order valence-corrected chi connectivity index (χ1v) is 12.4. The van der Waals surface area contributed by atoms with Crippen molar-refractivity contribution in [3.63, 3.8) is 0 Å². The van der Waals surface area contributed by atoms with Gasteiger partial charge in [0.2, 0.25) is 11.8 Å². The van der Waals surface area contributed by atoms with Crippen molar-refractivity contribution in [1.29, 1.82) is 0 Å². The highest BCUT2D eigenvalue weighted by molar-refractivity contribution is 5.93. The number of ether oxygens (including phenoxy) is 1. The number of carbonyl (C=O) groups excluding carboxylic acids is 3. The standard InChI is InChI=1S/C28H47N3O4/c1-17(2)21(29-25(34)35-28(11,12)13)24(33)31(27(8,9)10)22(23(32)30-26(5,6)7)20-15-14-18(3)16-19(20)4/h14-17,21-22H,1-13H3,(H,29,34)(H,30,32). The normalized spacial score (nSPS) is 14.2. The average Bonchev–Trinajstić information content (AvgIpc) is 2.60. The second-order valence-electron chi connectivity index (χ2n) is 12.7. The summed E-state index contributed by atoms with van der Waals surface area (Å²) >= 11 is 0. The first-order valence-electron chi connectivity index (χ1n) is 12.4. The fourth-order valence-corrected chi connectivity index (χ4v) is 3.91. The maximum atomic E-state index is 14.2. The van der Waals surface area contributed by atoms with Crippen molar-refractivity contribution in [3.05, 3.63) is 34.9 Å². The van der Waals surface area contributed by atoms with Gasteiger partial charge in [0.25, 0.3) is 0 Å². The van der Waals surface area contributed by atoms with E-state index in [1.807, 2.05) is 87.4 Å². The fraction of sp³-hybridized carbons (Fsp3) is 0.679. The van der Waals surface area contributed by atoms with Gasteiger partial charge in [-0.15, -0.1) is 0 Å². The molecule has 0 saturated carbocycles. The van der Waals surface area contributed by atoms with Crippen LogP contribution in [0, 0.1) is 19.8 Å². The van der Waals surface area contributed by atoms with E-state index in [-0.39, 0.29) is 17.7 Å². The summed E-state index contributed by atoms with van der Waals surface area (Å²) in [5, 5.41) is 5.82. The Morgan fingerprint density at radius 1 is 0.914 bits per heavy atom. The lowest BCUT2D eigenvalue weighted by Crippen LogP contribution is -2.60. The summed E-state index contributed by atoms with van der Waals surface area (Å²) in [6, 6.07) is 4.11. The van der Waals surface area contributed by atoms with Crippen molar-refractivity contribution >= 4 is 17.9 Å². The number of aryl methyl sites for hydroxylation is 2. The first-order chi connectivity index (χ1) is 15.6. The molecule has 2 unspecified atom stereocenters. The van der Waals surface area contributed by atoms with Crippen LogP contribution in [0.4, 0.5) is 4.79 Å². The molecule has 0 spiro atoms. The Bertz CT molecular complexity index is 918. The Kier molecular flexibility index (Phi) is 9.58. The van der Waals surface area contributed by atoms with Crippen LogP contribution in [0.25, 0.3) is 0 Å². The third-order valence-electron chi connectivity index (χ3n) is 5.29. The van der Waals surface area contributed by atoms with Crippen molar-refractivity contribution in [2.45, 2.75) is 119 Å². The van der Waals surface area contributed by atoms with Crippen molar-refractivity contribution in [2.75, 3.05) is 0 Å². The first kappa shape index (κ1) is 30.5. The van der Waals surface area contributed by atoms with E-state index in [9.17, 15) is 14.4 Å². The van der Waals surface area contributed by atoms with Crippen LogP contribution in [0.1, 0.15) is 98.9 Å². The predicted molar refractivity (Wildman–Crippen MR) is 141 cm³/mol. The molecular formula is C28H47N3O4. The lowest BCUT2D eigenvalue weighted by atomic mass is 9.90. The summed E-state index contributed by atoms with van der Waals surface area (Å²) in [6.45, 7) is 24.4. The minimum absolute atomic E-state index is 0.231. The Hall–Kier alpha value is -2.57. The summed E-state index contributed by atoms with van der Waals surface area (Å²) in [4.78, 5) is 42.2. The van der Waals surface area contributed by atoms with Gasteiger partial charge in [0.15, 0.2) is 0 Å². The number of hydrogen-bond donors (Lipinski definition) is 2. The molecule has 1 aromatic carbocycles. The van der Waals surface area contributed by atoms with E-state index in [0.717, 1.165) is 16.7 Å². The van der Waals surface area contributed by atoms with Crippen LogP contribution in [0.2, 0.25) is 0 Å². The fourth-order valence-electron chi connectivity index (χ4n) is 3.91. The van der Waals surface area contributed by atoms with Gasteiger partial charge < -0.3 is 20.3 Å². The lowest BCUT2D eigenvalue weighted by molar-refractivity contribution is -0.149. The summed E-state index contributed by atoms with van der Waals surface area (Å²) in [7, 11) is 0. The second kappa shape index (κ2) is 11.0. The zero-order chi connectivity index (χ0) is 27.5. The van der Waals surface area contributed by atoms with Crippen molar-refractivity contribution in [3.8, 4) is 0 Å². The van der Waals surface area contributed by atoms with Gasteiger partial charge in [-0.25, -0.2) is 4.79 Å². The third-order valence-corrected chi connectivity index (χ3v) is 5.29. The zero-order valence-electron chi connectivity index (χ0n) is 24.0. The van der Waals surface area contributed by atoms with Crippen LogP contribution >= 0.6 is 0 Å². The van der Waals surface area contributed by atoms with Gasteiger partial charge in [-0.3, -0.25) is 9.59 Å². The van der Waals surface area contributed by atoms with Crippen LogP contribution in [-0.2, 0) is 14.3 Å². The van der Waals surface area contributed by atoms with Gasteiger partial charge >= 0.3 is 6.09 Å². The van der Waals surface area contributed by atoms with E-state index in [0.29, 0.717) is 0 Å². The summed E-state index contributed by atoms with van der Waals surface area (Å²) < 4.78 is 5.42. The Morgan fingerprint density at radius 2 is 1.46 bits per heavy atom. The maximum Gasteiger partial charge on any atom is 0.408 e. The molecular weight excluding hydrogens is 442 g/mol. The van der Waals surface area contributed by atoms with Crippen molar-refractivity contribution in [1.82, 2.24) is 15.5 Å². The van der Waals surface area contributed by atoms with E-state index in [2.05, 4.69) is 10.6 Å². The lowest BCUT2D eigenvalue weighted by Gasteiger charge is -2.44. The number of nitrogens with zero attached hydrogens (tertiary/aromatic N) is 1. The maximum absolute atomic E-state index is 14.2. The number of alkyl carbamates (subject to hydrolysis) is 1. The number of rotatable bonds is 6. The summed E-state index contributed by atoms with van der Waals surface area (Å²) in [5.74, 6) is -0.842. The second-order valence-corrected chi connectivity index (χ2v) is 12.7. The number of hydrogen-bond acceptors (Lipinski definition) is 4. The van der Waals surface area contributed by atoms with Gasteiger partial charge in [0, 0.05) is 11.1 Å². The third kappa shape index (κ3) is 9.19. The number of benzene rings is 1. The van der Waals surface area contributed by atoms with Gasteiger partial charge in [-0.2, -0.15) is 0 Å². The molecule has 0 aromatic heterocycles. The minimum Gasteiger partial charge on any atom is -0.444 e. The SMILES string of the molecule is Cc1ccc(C(C(=O)NC(C)(C)C)N(C(=O)C(NC(=O)OC(C)(C)C)C(C)C)C(C)(C)C)c(C)c1. The molecule has 3 amide bonds. The van der Waals surface area contributed by atoms with E-state index in [1.54, 1.807) is 25.7 Å². The van der Waals surface area contributed by atoms with Crippen LogP contribution < -0.4 is 10.6 Å². The molecule has 35 heavy (non-hydrogen) atoms. The molecule has 198 valence electrons. The highest BCUT2D eigenvalue weighted by Crippen LogP contribution is 2.33. The Labute approximate surface area is 212 Å². The molecule has 7 nitrogen and oxygen atoms in total. The van der Waals surface area contributed by atoms with Gasteiger partial charge in [-0.05, 0) is 93.2 Å². The molecule has 1 rings (SSSR count). The van der Waals surface area contributed by atoms with Crippen LogP contribution in [0.15, 0.2) is 18.2 Å². The highest BCUT2D eigenvalue weighted by atomic mass is 16.6. The summed E-state index contributed by atoms with van der Waals surface area (Å²) in [6.07, 6.45) is -0.666. The Morgan fingerprint density at radius 3 is 1.86 bits per heavy atom. The largest absolute Gasteiger partial charge is 0.444 e. The smallest absolute Gasteiger partial charge is 0.408 e. The Balaban J connectivity index is 3.66. The number of amides is 3. The molecule has 0 fully saturated rings. The van der Waals surface area contributed by atoms with Crippen LogP contribution in [0.5, 0.6) is 0 Å². The number of nitrogens with one attached hydrogen (secondary N) is 2. The van der Waals surface area contributed by atoms with E-state index in [1.165, 1.54) is 0 Å². The molecule has 0 radical (unpaired) electrons.